The molecular weight excluding hydrogens is 450 g/mol. The number of amides is 1. The predicted octanol–water partition coefficient (Wildman–Crippen LogP) is 5.77. The molecule has 1 aromatic heterocycles. The third-order valence-corrected chi connectivity index (χ3v) is 6.78. The molecule has 1 N–H and O–H groups in total. The largest absolute Gasteiger partial charge is 0.489 e. The summed E-state index contributed by atoms with van der Waals surface area (Å²) in [6.45, 7) is 0.398. The molecule has 0 saturated heterocycles. The first-order valence-electron chi connectivity index (χ1n) is 9.44. The number of nitrogens with zero attached hydrogens (tertiary/aromatic N) is 2. The van der Waals surface area contributed by atoms with Crippen LogP contribution in [-0.2, 0) is 11.4 Å². The van der Waals surface area contributed by atoms with Gasteiger partial charge in [0.15, 0.2) is 4.34 Å². The number of rotatable bonds is 8. The fraction of sp³-hybridized carbons (Fsp3) is 0.0870. The quantitative estimate of drug-likeness (QED) is 0.203. The lowest BCUT2D eigenvalue weighted by Crippen LogP contribution is -2.19. The maximum absolute atomic E-state index is 12.0. The molecule has 31 heavy (non-hydrogen) atoms. The number of nitrogens with one attached hydrogen (secondary N) is 1. The number of hydrogen-bond donors (Lipinski definition) is 1. The number of fused-ring (bicyclic) bond motifs is 1. The summed E-state index contributed by atoms with van der Waals surface area (Å²) >= 11 is 9.12. The average molecular weight is 468 g/mol. The molecule has 0 aliphatic rings. The van der Waals surface area contributed by atoms with Gasteiger partial charge in [0.1, 0.15) is 12.4 Å². The number of ether oxygens (including phenoxy) is 1. The van der Waals surface area contributed by atoms with E-state index in [1.165, 1.54) is 11.8 Å². The van der Waals surface area contributed by atoms with Crippen LogP contribution in [-0.4, -0.2) is 22.9 Å². The van der Waals surface area contributed by atoms with Gasteiger partial charge in [0.2, 0.25) is 0 Å². The SMILES string of the molecule is O=C(CSc1nc2ccccc2s1)N/N=C\c1ccc(OCc2ccccc2Cl)cc1. The molecule has 3 aromatic carbocycles. The van der Waals surface area contributed by atoms with Gasteiger partial charge in [-0.3, -0.25) is 4.79 Å². The molecule has 0 spiro atoms. The summed E-state index contributed by atoms with van der Waals surface area (Å²) in [5.74, 6) is 0.806. The van der Waals surface area contributed by atoms with Gasteiger partial charge >= 0.3 is 0 Å². The summed E-state index contributed by atoms with van der Waals surface area (Å²) in [6.07, 6.45) is 1.60. The first-order chi connectivity index (χ1) is 15.2. The van der Waals surface area contributed by atoms with Gasteiger partial charge in [0.05, 0.1) is 22.2 Å². The molecule has 0 unspecified atom stereocenters. The maximum Gasteiger partial charge on any atom is 0.250 e. The van der Waals surface area contributed by atoms with Gasteiger partial charge in [0, 0.05) is 10.6 Å². The lowest BCUT2D eigenvalue weighted by atomic mass is 10.2. The van der Waals surface area contributed by atoms with Crippen molar-refractivity contribution in [3.8, 4) is 5.75 Å². The zero-order valence-corrected chi connectivity index (χ0v) is 18.7. The van der Waals surface area contributed by atoms with E-state index in [9.17, 15) is 4.79 Å². The van der Waals surface area contributed by atoms with E-state index in [1.54, 1.807) is 17.6 Å². The molecule has 1 heterocycles. The van der Waals surface area contributed by atoms with Crippen LogP contribution in [0.15, 0.2) is 82.2 Å². The van der Waals surface area contributed by atoms with Crippen LogP contribution in [0.25, 0.3) is 10.2 Å². The number of para-hydroxylation sites is 1. The molecular formula is C23H18ClN3O2S2. The number of aromatic nitrogens is 1. The first-order valence-corrected chi connectivity index (χ1v) is 11.6. The van der Waals surface area contributed by atoms with Gasteiger partial charge in [-0.15, -0.1) is 11.3 Å². The van der Waals surface area contributed by atoms with Crippen LogP contribution < -0.4 is 10.2 Å². The van der Waals surface area contributed by atoms with Crippen molar-refractivity contribution in [3.63, 3.8) is 0 Å². The molecule has 0 fully saturated rings. The Morgan fingerprint density at radius 2 is 1.87 bits per heavy atom. The van der Waals surface area contributed by atoms with Crippen molar-refractivity contribution in [2.75, 3.05) is 5.75 Å². The van der Waals surface area contributed by atoms with Gasteiger partial charge in [0.25, 0.3) is 5.91 Å². The molecule has 0 atom stereocenters. The predicted molar refractivity (Wildman–Crippen MR) is 128 cm³/mol. The van der Waals surface area contributed by atoms with Crippen molar-refractivity contribution in [2.45, 2.75) is 10.9 Å². The summed E-state index contributed by atoms with van der Waals surface area (Å²) in [7, 11) is 0. The summed E-state index contributed by atoms with van der Waals surface area (Å²) in [5.41, 5.74) is 5.28. The van der Waals surface area contributed by atoms with Crippen LogP contribution in [0, 0.1) is 0 Å². The molecule has 4 rings (SSSR count). The van der Waals surface area contributed by atoms with Gasteiger partial charge in [-0.1, -0.05) is 53.7 Å². The second-order valence-corrected chi connectivity index (χ2v) is 9.14. The van der Waals surface area contributed by atoms with Crippen LogP contribution in [0.4, 0.5) is 0 Å². The molecule has 0 saturated carbocycles. The molecule has 1 amide bonds. The van der Waals surface area contributed by atoms with Gasteiger partial charge in [-0.05, 0) is 48.0 Å². The molecule has 0 bridgehead atoms. The fourth-order valence-electron chi connectivity index (χ4n) is 2.68. The van der Waals surface area contributed by atoms with Crippen molar-refractivity contribution in [1.82, 2.24) is 10.4 Å². The van der Waals surface area contributed by atoms with Crippen molar-refractivity contribution >= 4 is 57.0 Å². The molecule has 0 aliphatic carbocycles. The fourth-order valence-corrected chi connectivity index (χ4v) is 4.73. The van der Waals surface area contributed by atoms with Gasteiger partial charge in [-0.25, -0.2) is 10.4 Å². The summed E-state index contributed by atoms with van der Waals surface area (Å²) < 4.78 is 7.74. The van der Waals surface area contributed by atoms with E-state index in [-0.39, 0.29) is 11.7 Å². The van der Waals surface area contributed by atoms with Crippen LogP contribution in [0.1, 0.15) is 11.1 Å². The Bertz CT molecular complexity index is 1180. The van der Waals surface area contributed by atoms with E-state index < -0.39 is 0 Å². The van der Waals surface area contributed by atoms with Gasteiger partial charge < -0.3 is 4.74 Å². The van der Waals surface area contributed by atoms with E-state index in [0.29, 0.717) is 11.6 Å². The normalized spacial score (nSPS) is 11.1. The molecule has 4 aromatic rings. The van der Waals surface area contributed by atoms with Gasteiger partial charge in [-0.2, -0.15) is 5.10 Å². The van der Waals surface area contributed by atoms with Crippen molar-refractivity contribution in [1.29, 1.82) is 0 Å². The highest BCUT2D eigenvalue weighted by molar-refractivity contribution is 8.01. The van der Waals surface area contributed by atoms with E-state index in [4.69, 9.17) is 16.3 Å². The van der Waals surface area contributed by atoms with E-state index in [1.807, 2.05) is 72.8 Å². The second kappa shape index (κ2) is 10.4. The Morgan fingerprint density at radius 1 is 1.10 bits per heavy atom. The maximum atomic E-state index is 12.0. The first kappa shape index (κ1) is 21.4. The number of thioether (sulfide) groups is 1. The van der Waals surface area contributed by atoms with Crippen molar-refractivity contribution < 1.29 is 9.53 Å². The number of benzene rings is 3. The Balaban J connectivity index is 1.22. The Labute approximate surface area is 193 Å². The third-order valence-electron chi connectivity index (χ3n) is 4.24. The molecule has 0 aliphatic heterocycles. The number of hydrazone groups is 1. The molecule has 5 nitrogen and oxygen atoms in total. The molecule has 156 valence electrons. The number of halogens is 1. The van der Waals surface area contributed by atoms with E-state index in [2.05, 4.69) is 15.5 Å². The van der Waals surface area contributed by atoms with Crippen molar-refractivity contribution in [3.05, 3.63) is 88.9 Å². The summed E-state index contributed by atoms with van der Waals surface area (Å²) in [6, 6.07) is 22.9. The molecule has 8 heteroatoms. The van der Waals surface area contributed by atoms with Crippen LogP contribution in [0.3, 0.4) is 0 Å². The average Bonchev–Trinajstić information content (AvgIpc) is 3.21. The lowest BCUT2D eigenvalue weighted by Gasteiger charge is -2.07. The zero-order chi connectivity index (χ0) is 21.5. The highest BCUT2D eigenvalue weighted by Crippen LogP contribution is 2.29. The highest BCUT2D eigenvalue weighted by Gasteiger charge is 2.07. The molecule has 0 radical (unpaired) electrons. The van der Waals surface area contributed by atoms with Crippen LogP contribution in [0.2, 0.25) is 5.02 Å². The topological polar surface area (TPSA) is 63.6 Å². The van der Waals surface area contributed by atoms with Crippen molar-refractivity contribution in [2.24, 2.45) is 5.10 Å². The number of hydrogen-bond acceptors (Lipinski definition) is 6. The van der Waals surface area contributed by atoms with Crippen LogP contribution >= 0.6 is 34.7 Å². The monoisotopic (exact) mass is 467 g/mol. The number of thiazole rings is 1. The second-order valence-electron chi connectivity index (χ2n) is 6.48. The zero-order valence-electron chi connectivity index (χ0n) is 16.3. The highest BCUT2D eigenvalue weighted by atomic mass is 35.5. The Hall–Kier alpha value is -2.87. The minimum atomic E-state index is -0.180. The van der Waals surface area contributed by atoms with E-state index in [0.717, 1.165) is 31.4 Å². The summed E-state index contributed by atoms with van der Waals surface area (Å²) in [4.78, 5) is 16.5. The van der Waals surface area contributed by atoms with E-state index >= 15 is 0 Å². The smallest absolute Gasteiger partial charge is 0.250 e. The summed E-state index contributed by atoms with van der Waals surface area (Å²) in [5, 5.41) is 4.70. The third kappa shape index (κ3) is 6.07. The lowest BCUT2D eigenvalue weighted by molar-refractivity contribution is -0.118. The number of carbonyl (C=O) groups is 1. The minimum absolute atomic E-state index is 0.180. The van der Waals surface area contributed by atoms with Crippen LogP contribution in [0.5, 0.6) is 5.75 Å². The standard InChI is InChI=1S/C23H18ClN3O2S2/c24-19-6-2-1-5-17(19)14-29-18-11-9-16(10-12-18)13-25-27-22(28)15-30-23-26-20-7-3-4-8-21(20)31-23/h1-13H,14-15H2,(H,27,28)/b25-13-. The number of carbonyl (C=O) groups excluding carboxylic acids is 1. The Morgan fingerprint density at radius 3 is 2.68 bits per heavy atom. The Kier molecular flexibility index (Phi) is 7.19. The minimum Gasteiger partial charge on any atom is -0.489 e.